The predicted octanol–water partition coefficient (Wildman–Crippen LogP) is 4.79. The van der Waals surface area contributed by atoms with Gasteiger partial charge in [0.15, 0.2) is 0 Å². The van der Waals surface area contributed by atoms with Crippen molar-refractivity contribution in [2.75, 3.05) is 20.8 Å². The molecule has 1 aliphatic carbocycles. The number of hydrogen-bond donors (Lipinski definition) is 1. The Hall–Kier alpha value is -4.07. The number of ether oxygens (including phenoxy) is 3. The summed E-state index contributed by atoms with van der Waals surface area (Å²) in [6.45, 7) is 0.412. The highest BCUT2D eigenvalue weighted by Crippen LogP contribution is 2.41. The highest BCUT2D eigenvalue weighted by atomic mass is 16.5. The molecule has 8 heteroatoms. The molecule has 0 amide bonds. The van der Waals surface area contributed by atoms with Gasteiger partial charge in [0.2, 0.25) is 0 Å². The maximum absolute atomic E-state index is 12.5. The molecule has 1 aromatic heterocycles. The summed E-state index contributed by atoms with van der Waals surface area (Å²) >= 11 is 0. The van der Waals surface area contributed by atoms with Crippen LogP contribution in [-0.2, 0) is 27.7 Å². The maximum Gasteiger partial charge on any atom is 0.337 e. The van der Waals surface area contributed by atoms with Crippen LogP contribution < -0.4 is 4.74 Å². The smallest absolute Gasteiger partial charge is 0.337 e. The third kappa shape index (κ3) is 4.84. The lowest BCUT2D eigenvalue weighted by Gasteiger charge is -2.12. The Kier molecular flexibility index (Phi) is 7.43. The van der Waals surface area contributed by atoms with Crippen LogP contribution in [0.1, 0.15) is 57.7 Å². The molecule has 3 aromatic rings. The minimum absolute atomic E-state index is 0.212. The van der Waals surface area contributed by atoms with Gasteiger partial charge in [0.05, 0.1) is 32.0 Å². The predicted molar refractivity (Wildman–Crippen MR) is 134 cm³/mol. The van der Waals surface area contributed by atoms with Crippen molar-refractivity contribution in [3.05, 3.63) is 70.4 Å². The first kappa shape index (κ1) is 25.0. The van der Waals surface area contributed by atoms with E-state index in [1.807, 2.05) is 17.7 Å². The first-order chi connectivity index (χ1) is 17.3. The molecule has 0 radical (unpaired) electrons. The summed E-state index contributed by atoms with van der Waals surface area (Å²) in [5.74, 6) is -1.15. The van der Waals surface area contributed by atoms with E-state index in [-0.39, 0.29) is 11.5 Å². The quantitative estimate of drug-likeness (QED) is 0.339. The molecule has 2 aromatic carbocycles. The molecule has 0 aliphatic heterocycles. The zero-order chi connectivity index (χ0) is 25.8. The van der Waals surface area contributed by atoms with Crippen molar-refractivity contribution < 1.29 is 33.7 Å². The second-order valence-corrected chi connectivity index (χ2v) is 8.69. The van der Waals surface area contributed by atoms with E-state index < -0.39 is 11.9 Å². The number of carboxylic acid groups (broad SMARTS) is 1. The fraction of sp³-hybridized carbons (Fsp3) is 0.321. The maximum atomic E-state index is 12.5. The first-order valence-electron chi connectivity index (χ1n) is 11.8. The molecule has 0 saturated carbocycles. The van der Waals surface area contributed by atoms with Crippen LogP contribution in [-0.4, -0.2) is 48.4 Å². The van der Waals surface area contributed by atoms with Gasteiger partial charge in [-0.25, -0.2) is 14.4 Å². The fourth-order valence-electron chi connectivity index (χ4n) is 4.88. The van der Waals surface area contributed by atoms with Crippen LogP contribution in [0.4, 0.5) is 0 Å². The number of aryl methyl sites for hydroxylation is 1. The molecule has 188 valence electrons. The van der Waals surface area contributed by atoms with Gasteiger partial charge in [-0.05, 0) is 68.0 Å². The summed E-state index contributed by atoms with van der Waals surface area (Å²) in [5, 5.41) is 10.4. The minimum Gasteiger partial charge on any atom is -0.494 e. The van der Waals surface area contributed by atoms with Crippen molar-refractivity contribution >= 4 is 34.4 Å². The van der Waals surface area contributed by atoms with Gasteiger partial charge in [-0.2, -0.15) is 0 Å². The number of benzene rings is 2. The Balaban J connectivity index is 1.65. The molecule has 4 rings (SSSR count). The number of carbonyl (C=O) groups is 3. The zero-order valence-corrected chi connectivity index (χ0v) is 20.6. The topological polar surface area (TPSA) is 104 Å². The lowest BCUT2D eigenvalue weighted by atomic mass is 9.96. The molecule has 0 spiro atoms. The normalized spacial score (nSPS) is 13.2. The third-order valence-electron chi connectivity index (χ3n) is 6.60. The second kappa shape index (κ2) is 10.7. The van der Waals surface area contributed by atoms with Crippen LogP contribution in [0, 0.1) is 0 Å². The SMILES string of the molecule is COC(=O)C1=C(c2c(CCCOc3cccc(C(=O)OC)c3)n(C)c3cc(C(=O)O)ccc23)CCC1. The summed E-state index contributed by atoms with van der Waals surface area (Å²) < 4.78 is 17.7. The van der Waals surface area contributed by atoms with Gasteiger partial charge in [0.1, 0.15) is 5.75 Å². The number of carbonyl (C=O) groups excluding carboxylic acids is 2. The van der Waals surface area contributed by atoms with E-state index in [0.717, 1.165) is 40.6 Å². The molecule has 0 unspecified atom stereocenters. The molecule has 0 saturated heterocycles. The largest absolute Gasteiger partial charge is 0.494 e. The highest BCUT2D eigenvalue weighted by Gasteiger charge is 2.28. The number of hydrogen-bond acceptors (Lipinski definition) is 6. The minimum atomic E-state index is -0.987. The van der Waals surface area contributed by atoms with Gasteiger partial charge in [-0.15, -0.1) is 0 Å². The summed E-state index contributed by atoms with van der Waals surface area (Å²) in [7, 11) is 4.64. The average molecular weight is 492 g/mol. The van der Waals surface area contributed by atoms with E-state index in [4.69, 9.17) is 14.2 Å². The Labute approximate surface area is 209 Å². The number of aromatic nitrogens is 1. The van der Waals surface area contributed by atoms with E-state index in [2.05, 4.69) is 0 Å². The Morgan fingerprint density at radius 1 is 0.972 bits per heavy atom. The van der Waals surface area contributed by atoms with Crippen LogP contribution in [0.2, 0.25) is 0 Å². The molecule has 8 nitrogen and oxygen atoms in total. The summed E-state index contributed by atoms with van der Waals surface area (Å²) in [5.41, 5.74) is 5.08. The average Bonchev–Trinajstić information content (AvgIpc) is 3.48. The molecular weight excluding hydrogens is 462 g/mol. The molecule has 36 heavy (non-hydrogen) atoms. The number of rotatable bonds is 9. The molecule has 1 N–H and O–H groups in total. The number of nitrogens with zero attached hydrogens (tertiary/aromatic N) is 1. The van der Waals surface area contributed by atoms with Crippen LogP contribution in [0.15, 0.2) is 48.0 Å². The zero-order valence-electron chi connectivity index (χ0n) is 20.6. The van der Waals surface area contributed by atoms with Gasteiger partial charge < -0.3 is 23.9 Å². The molecule has 0 fully saturated rings. The van der Waals surface area contributed by atoms with Crippen LogP contribution >= 0.6 is 0 Å². The number of aromatic carboxylic acids is 1. The third-order valence-corrected chi connectivity index (χ3v) is 6.60. The highest BCUT2D eigenvalue weighted by molar-refractivity contribution is 6.05. The Bertz CT molecular complexity index is 1370. The molecule has 1 heterocycles. The number of fused-ring (bicyclic) bond motifs is 1. The molecule has 0 bridgehead atoms. The molecular formula is C28H29NO7. The fourth-order valence-corrected chi connectivity index (χ4v) is 4.88. The van der Waals surface area contributed by atoms with Crippen LogP contribution in [0.5, 0.6) is 5.75 Å². The van der Waals surface area contributed by atoms with E-state index in [9.17, 15) is 19.5 Å². The lowest BCUT2D eigenvalue weighted by molar-refractivity contribution is -0.136. The van der Waals surface area contributed by atoms with Gasteiger partial charge in [-0.3, -0.25) is 0 Å². The van der Waals surface area contributed by atoms with E-state index in [0.29, 0.717) is 42.8 Å². The van der Waals surface area contributed by atoms with Crippen molar-refractivity contribution in [2.24, 2.45) is 7.05 Å². The van der Waals surface area contributed by atoms with Crippen molar-refractivity contribution in [3.63, 3.8) is 0 Å². The van der Waals surface area contributed by atoms with Gasteiger partial charge in [0.25, 0.3) is 0 Å². The van der Waals surface area contributed by atoms with Gasteiger partial charge >= 0.3 is 17.9 Å². The monoisotopic (exact) mass is 491 g/mol. The van der Waals surface area contributed by atoms with Crippen molar-refractivity contribution in [1.82, 2.24) is 4.57 Å². The molecule has 0 atom stereocenters. The van der Waals surface area contributed by atoms with Crippen molar-refractivity contribution in [3.8, 4) is 5.75 Å². The summed E-state index contributed by atoms with van der Waals surface area (Å²) in [6.07, 6.45) is 3.60. The van der Waals surface area contributed by atoms with E-state index >= 15 is 0 Å². The van der Waals surface area contributed by atoms with Gasteiger partial charge in [0, 0.05) is 34.8 Å². The second-order valence-electron chi connectivity index (χ2n) is 8.69. The standard InChI is InChI=1S/C28H29NO7/c1-29-23(11-6-14-36-19-8-4-7-18(15-19)27(32)34-2)25(20-9-5-10-21(20)28(33)35-3)22-13-12-17(26(30)31)16-24(22)29/h4,7-8,12-13,15-16H,5-6,9-11,14H2,1-3H3,(H,30,31). The first-order valence-corrected chi connectivity index (χ1v) is 11.8. The summed E-state index contributed by atoms with van der Waals surface area (Å²) in [4.78, 5) is 35.9. The Morgan fingerprint density at radius 2 is 1.75 bits per heavy atom. The molecule has 1 aliphatic rings. The van der Waals surface area contributed by atoms with Crippen LogP contribution in [0.3, 0.4) is 0 Å². The lowest BCUT2D eigenvalue weighted by Crippen LogP contribution is -2.07. The van der Waals surface area contributed by atoms with E-state index in [1.54, 1.807) is 36.4 Å². The Morgan fingerprint density at radius 3 is 2.47 bits per heavy atom. The summed E-state index contributed by atoms with van der Waals surface area (Å²) in [6, 6.07) is 11.9. The number of allylic oxidation sites excluding steroid dienone is 1. The van der Waals surface area contributed by atoms with Gasteiger partial charge in [-0.1, -0.05) is 12.1 Å². The van der Waals surface area contributed by atoms with Crippen molar-refractivity contribution in [2.45, 2.75) is 32.1 Å². The number of methoxy groups -OCH3 is 2. The van der Waals surface area contributed by atoms with Crippen LogP contribution in [0.25, 0.3) is 16.5 Å². The van der Waals surface area contributed by atoms with E-state index in [1.165, 1.54) is 14.2 Å². The number of esters is 2. The number of carboxylic acids is 1. The van der Waals surface area contributed by atoms with Crippen molar-refractivity contribution in [1.29, 1.82) is 0 Å².